The van der Waals surface area contributed by atoms with E-state index in [1.807, 2.05) is 19.1 Å². The average molecular weight is 544 g/mol. The van der Waals surface area contributed by atoms with Crippen LogP contribution in [0.1, 0.15) is 47.4 Å². The maximum absolute atomic E-state index is 13.7. The van der Waals surface area contributed by atoms with Crippen LogP contribution >= 0.6 is 22.9 Å². The van der Waals surface area contributed by atoms with Gasteiger partial charge in [-0.2, -0.15) is 4.31 Å². The zero-order valence-corrected chi connectivity index (χ0v) is 22.2. The molecule has 1 amide bonds. The number of rotatable bonds is 6. The predicted molar refractivity (Wildman–Crippen MR) is 142 cm³/mol. The molecule has 36 heavy (non-hydrogen) atoms. The number of sulfonamides is 1. The van der Waals surface area contributed by atoms with Crippen molar-refractivity contribution in [2.75, 3.05) is 18.0 Å². The highest BCUT2D eigenvalue weighted by atomic mass is 35.5. The second-order valence-electron chi connectivity index (χ2n) is 8.85. The van der Waals surface area contributed by atoms with E-state index in [0.717, 1.165) is 41.5 Å². The maximum Gasteiger partial charge on any atom is 0.260 e. The monoisotopic (exact) mass is 543 g/mol. The zero-order valence-electron chi connectivity index (χ0n) is 19.8. The molecule has 0 atom stereocenters. The lowest BCUT2D eigenvalue weighted by atomic mass is 10.2. The van der Waals surface area contributed by atoms with Gasteiger partial charge in [-0.25, -0.2) is 13.4 Å². The molecule has 7 nitrogen and oxygen atoms in total. The Labute approximate surface area is 219 Å². The Morgan fingerprint density at radius 3 is 2.44 bits per heavy atom. The molecule has 0 saturated carbocycles. The summed E-state index contributed by atoms with van der Waals surface area (Å²) in [6.45, 7) is 3.18. The molecule has 10 heteroatoms. The first-order valence-electron chi connectivity index (χ1n) is 11.8. The van der Waals surface area contributed by atoms with Crippen molar-refractivity contribution in [3.8, 4) is 0 Å². The van der Waals surface area contributed by atoms with Crippen molar-refractivity contribution in [2.45, 2.75) is 44.0 Å². The van der Waals surface area contributed by atoms with Gasteiger partial charge in [0.15, 0.2) is 5.13 Å². The highest BCUT2D eigenvalue weighted by Crippen LogP contribution is 2.36. The second-order valence-corrected chi connectivity index (χ2v) is 12.2. The molecule has 0 spiro atoms. The number of thiazole rings is 1. The number of halogens is 1. The third-order valence-electron chi connectivity index (χ3n) is 6.36. The zero-order chi connectivity index (χ0) is 25.3. The molecule has 0 bridgehead atoms. The maximum atomic E-state index is 13.7. The Morgan fingerprint density at radius 1 is 1.08 bits per heavy atom. The third-order valence-corrected chi connectivity index (χ3v) is 9.81. The summed E-state index contributed by atoms with van der Waals surface area (Å²) in [7, 11) is -3.60. The van der Waals surface area contributed by atoms with E-state index in [4.69, 9.17) is 21.0 Å². The van der Waals surface area contributed by atoms with Gasteiger partial charge < -0.3 is 4.42 Å². The fraction of sp³-hybridized carbons (Fsp3) is 0.308. The van der Waals surface area contributed by atoms with Crippen molar-refractivity contribution in [1.29, 1.82) is 0 Å². The van der Waals surface area contributed by atoms with Crippen LogP contribution in [0, 0.1) is 6.92 Å². The first kappa shape index (κ1) is 25.0. The van der Waals surface area contributed by atoms with Crippen LogP contribution < -0.4 is 4.90 Å². The van der Waals surface area contributed by atoms with E-state index in [0.29, 0.717) is 34.6 Å². The Morgan fingerprint density at radius 2 is 1.81 bits per heavy atom. The van der Waals surface area contributed by atoms with Gasteiger partial charge in [-0.3, -0.25) is 9.69 Å². The number of nitrogens with zero attached hydrogens (tertiary/aromatic N) is 3. The number of fused-ring (bicyclic) bond motifs is 1. The quantitative estimate of drug-likeness (QED) is 0.286. The second kappa shape index (κ2) is 10.3. The molecule has 2 aromatic heterocycles. The summed E-state index contributed by atoms with van der Waals surface area (Å²) in [5.74, 6) is 0.295. The smallest absolute Gasteiger partial charge is 0.260 e. The molecule has 4 aromatic rings. The van der Waals surface area contributed by atoms with Crippen molar-refractivity contribution < 1.29 is 17.6 Å². The number of anilines is 1. The van der Waals surface area contributed by atoms with Gasteiger partial charge in [-0.15, -0.1) is 0 Å². The molecule has 2 aromatic carbocycles. The minimum absolute atomic E-state index is 0.177. The molecule has 0 radical (unpaired) electrons. The van der Waals surface area contributed by atoms with Crippen LogP contribution in [0.25, 0.3) is 10.2 Å². The molecule has 1 aliphatic rings. The predicted octanol–water partition coefficient (Wildman–Crippen LogP) is 6.26. The van der Waals surface area contributed by atoms with Crippen LogP contribution in [-0.2, 0) is 16.6 Å². The fourth-order valence-corrected chi connectivity index (χ4v) is 7.18. The van der Waals surface area contributed by atoms with Crippen molar-refractivity contribution in [3.63, 3.8) is 0 Å². The van der Waals surface area contributed by atoms with Gasteiger partial charge in [0.1, 0.15) is 5.76 Å². The Balaban J connectivity index is 1.47. The molecule has 188 valence electrons. The first-order chi connectivity index (χ1) is 17.3. The molecule has 1 saturated heterocycles. The molecular formula is C26H26ClN3O4S2. The molecule has 3 heterocycles. The normalized spacial score (nSPS) is 15.2. The highest BCUT2D eigenvalue weighted by molar-refractivity contribution is 7.89. The number of amides is 1. The van der Waals surface area contributed by atoms with Crippen LogP contribution in [0.4, 0.5) is 5.13 Å². The standard InChI is InChI=1S/C26H26ClN3O4S2/c1-18-8-13-22(27)24-23(18)28-26(35-24)30(17-20-7-6-16-34-20)25(31)19-9-11-21(12-10-19)36(32,33)29-14-4-2-3-5-15-29/h6-13,16H,2-5,14-15,17H2,1H3. The van der Waals surface area contributed by atoms with E-state index >= 15 is 0 Å². The van der Waals surface area contributed by atoms with Gasteiger partial charge in [-0.05, 0) is 67.8 Å². The van der Waals surface area contributed by atoms with E-state index in [-0.39, 0.29) is 17.3 Å². The van der Waals surface area contributed by atoms with Crippen LogP contribution in [0.3, 0.4) is 0 Å². The molecule has 1 aliphatic heterocycles. The minimum atomic E-state index is -3.60. The molecule has 0 unspecified atom stereocenters. The number of benzene rings is 2. The highest BCUT2D eigenvalue weighted by Gasteiger charge is 2.27. The summed E-state index contributed by atoms with van der Waals surface area (Å²) < 4.78 is 34.2. The summed E-state index contributed by atoms with van der Waals surface area (Å²) in [5, 5.41) is 1.07. The van der Waals surface area contributed by atoms with E-state index in [1.165, 1.54) is 28.4 Å². The largest absolute Gasteiger partial charge is 0.467 e. The van der Waals surface area contributed by atoms with Gasteiger partial charge in [0.2, 0.25) is 10.0 Å². The van der Waals surface area contributed by atoms with Crippen LogP contribution in [-0.4, -0.2) is 36.7 Å². The van der Waals surface area contributed by atoms with Crippen LogP contribution in [0.15, 0.2) is 64.1 Å². The lowest BCUT2D eigenvalue weighted by Crippen LogP contribution is -2.32. The number of furan rings is 1. The Bertz CT molecular complexity index is 1430. The fourth-order valence-electron chi connectivity index (χ4n) is 4.35. The van der Waals surface area contributed by atoms with Gasteiger partial charge in [0.05, 0.1) is 32.9 Å². The Hall–Kier alpha value is -2.72. The number of aromatic nitrogens is 1. The lowest BCUT2D eigenvalue weighted by Gasteiger charge is -2.21. The SMILES string of the molecule is Cc1ccc(Cl)c2sc(N(Cc3ccco3)C(=O)c3ccc(S(=O)(=O)N4CCCCCC4)cc3)nc12. The molecule has 0 N–H and O–H groups in total. The number of hydrogen-bond acceptors (Lipinski definition) is 6. The van der Waals surface area contributed by atoms with Crippen molar-refractivity contribution in [3.05, 3.63) is 76.7 Å². The van der Waals surface area contributed by atoms with Gasteiger partial charge in [0, 0.05) is 18.7 Å². The number of hydrogen-bond donors (Lipinski definition) is 0. The van der Waals surface area contributed by atoms with E-state index < -0.39 is 10.0 Å². The summed E-state index contributed by atoms with van der Waals surface area (Å²) in [6, 6.07) is 13.4. The topological polar surface area (TPSA) is 83.7 Å². The minimum Gasteiger partial charge on any atom is -0.467 e. The summed E-state index contributed by atoms with van der Waals surface area (Å²) in [4.78, 5) is 20.1. The third kappa shape index (κ3) is 4.93. The summed E-state index contributed by atoms with van der Waals surface area (Å²) in [5.41, 5.74) is 2.07. The number of carbonyl (C=O) groups excluding carboxylic acids is 1. The van der Waals surface area contributed by atoms with Crippen molar-refractivity contribution in [2.24, 2.45) is 0 Å². The molecule has 5 rings (SSSR count). The van der Waals surface area contributed by atoms with E-state index in [1.54, 1.807) is 34.8 Å². The summed E-state index contributed by atoms with van der Waals surface area (Å²) in [6.07, 6.45) is 5.37. The first-order valence-corrected chi connectivity index (χ1v) is 14.5. The van der Waals surface area contributed by atoms with E-state index in [9.17, 15) is 13.2 Å². The molecular weight excluding hydrogens is 518 g/mol. The molecule has 1 fully saturated rings. The average Bonchev–Trinajstić information content (AvgIpc) is 3.48. The number of aryl methyl sites for hydroxylation is 1. The van der Waals surface area contributed by atoms with Crippen LogP contribution in [0.5, 0.6) is 0 Å². The summed E-state index contributed by atoms with van der Waals surface area (Å²) >= 11 is 7.75. The van der Waals surface area contributed by atoms with E-state index in [2.05, 4.69) is 0 Å². The van der Waals surface area contributed by atoms with Gasteiger partial charge >= 0.3 is 0 Å². The molecule has 0 aliphatic carbocycles. The van der Waals surface area contributed by atoms with Crippen molar-refractivity contribution in [1.82, 2.24) is 9.29 Å². The lowest BCUT2D eigenvalue weighted by molar-refractivity contribution is 0.0983. The van der Waals surface area contributed by atoms with Crippen LogP contribution in [0.2, 0.25) is 5.02 Å². The van der Waals surface area contributed by atoms with Gasteiger partial charge in [0.25, 0.3) is 5.91 Å². The Kier molecular flexibility index (Phi) is 7.16. The van der Waals surface area contributed by atoms with Crippen molar-refractivity contribution >= 4 is 54.2 Å². The number of carbonyl (C=O) groups is 1. The van der Waals surface area contributed by atoms with Gasteiger partial charge in [-0.1, -0.05) is 41.8 Å².